The maximum Gasteiger partial charge on any atom is 0.324 e. The zero-order valence-electron chi connectivity index (χ0n) is 15.0. The molecule has 142 valence electrons. The van der Waals surface area contributed by atoms with Crippen LogP contribution in [0.1, 0.15) is 27.2 Å². The van der Waals surface area contributed by atoms with Crippen molar-refractivity contribution in [1.29, 1.82) is 0 Å². The summed E-state index contributed by atoms with van der Waals surface area (Å²) in [5.74, 6) is 4.97. The molecule has 0 saturated carbocycles. The molecule has 1 aromatic carbocycles. The van der Waals surface area contributed by atoms with E-state index < -0.39 is 34.2 Å². The third kappa shape index (κ3) is 4.55. The van der Waals surface area contributed by atoms with E-state index in [1.807, 2.05) is 6.92 Å². The molecule has 1 N–H and O–H groups in total. The van der Waals surface area contributed by atoms with Gasteiger partial charge in [0, 0.05) is 13.0 Å². The maximum atomic E-state index is 12.9. The second-order valence-corrected chi connectivity index (χ2v) is 7.87. The van der Waals surface area contributed by atoms with Crippen LogP contribution in [0.5, 0.6) is 5.75 Å². The minimum Gasteiger partial charge on any atom is -0.481 e. The van der Waals surface area contributed by atoms with Gasteiger partial charge < -0.3 is 14.6 Å². The zero-order chi connectivity index (χ0) is 19.3. The predicted molar refractivity (Wildman–Crippen MR) is 95.3 cm³/mol. The summed E-state index contributed by atoms with van der Waals surface area (Å²) in [6.45, 7) is 5.41. The Kier molecular flexibility index (Phi) is 6.64. The van der Waals surface area contributed by atoms with Crippen LogP contribution in [0.25, 0.3) is 0 Å². The van der Waals surface area contributed by atoms with Gasteiger partial charge in [-0.1, -0.05) is 12.8 Å². The number of hydrogen-bond acceptors (Lipinski definition) is 5. The highest BCUT2D eigenvalue weighted by atomic mass is 32.2. The van der Waals surface area contributed by atoms with E-state index in [0.717, 1.165) is 10.7 Å². The van der Waals surface area contributed by atoms with Gasteiger partial charge in [0.15, 0.2) is 0 Å². The molecule has 1 fully saturated rings. The lowest BCUT2D eigenvalue weighted by molar-refractivity contribution is -0.155. The first-order valence-electron chi connectivity index (χ1n) is 8.36. The van der Waals surface area contributed by atoms with Crippen molar-refractivity contribution in [3.05, 3.63) is 24.3 Å². The van der Waals surface area contributed by atoms with E-state index in [1.54, 1.807) is 13.8 Å². The van der Waals surface area contributed by atoms with Crippen LogP contribution in [0.15, 0.2) is 29.2 Å². The number of ether oxygens (including phenoxy) is 2. The topological polar surface area (TPSA) is 93.1 Å². The molecular formula is C18H23NO6S. The first kappa shape index (κ1) is 20.2. The van der Waals surface area contributed by atoms with Crippen molar-refractivity contribution < 1.29 is 27.8 Å². The fourth-order valence-electron chi connectivity index (χ4n) is 2.80. The molecule has 1 heterocycles. The minimum atomic E-state index is -3.98. The van der Waals surface area contributed by atoms with Gasteiger partial charge in [0.2, 0.25) is 10.0 Å². The molecule has 1 aromatic rings. The van der Waals surface area contributed by atoms with E-state index in [0.29, 0.717) is 5.75 Å². The molecule has 7 nitrogen and oxygen atoms in total. The molecule has 1 saturated heterocycles. The number of nitrogens with zero attached hydrogens (tertiary/aromatic N) is 1. The minimum absolute atomic E-state index is 0.0112. The molecule has 0 bridgehead atoms. The normalized spacial score (nSPS) is 23.7. The Morgan fingerprint density at radius 3 is 2.54 bits per heavy atom. The van der Waals surface area contributed by atoms with Gasteiger partial charge in [-0.3, -0.25) is 4.79 Å². The van der Waals surface area contributed by atoms with E-state index in [1.165, 1.54) is 24.3 Å². The van der Waals surface area contributed by atoms with Crippen LogP contribution in [0.3, 0.4) is 0 Å². The summed E-state index contributed by atoms with van der Waals surface area (Å²) in [4.78, 5) is 11.6. The number of sulfonamides is 1. The van der Waals surface area contributed by atoms with Gasteiger partial charge in [0.05, 0.1) is 17.1 Å². The van der Waals surface area contributed by atoms with Crippen LogP contribution in [0.4, 0.5) is 0 Å². The fourth-order valence-corrected chi connectivity index (χ4v) is 4.51. The van der Waals surface area contributed by atoms with Gasteiger partial charge in [-0.2, -0.15) is 4.31 Å². The van der Waals surface area contributed by atoms with Crippen molar-refractivity contribution in [2.24, 2.45) is 0 Å². The summed E-state index contributed by atoms with van der Waals surface area (Å²) in [6, 6.07) is 4.60. The molecule has 0 aromatic heterocycles. The van der Waals surface area contributed by atoms with Crippen LogP contribution in [-0.4, -0.2) is 55.2 Å². The number of morpholine rings is 1. The molecule has 26 heavy (non-hydrogen) atoms. The Balaban J connectivity index is 2.23. The Morgan fingerprint density at radius 2 is 1.96 bits per heavy atom. The molecule has 1 aliphatic heterocycles. The second kappa shape index (κ2) is 8.54. The van der Waals surface area contributed by atoms with Gasteiger partial charge in [-0.15, -0.1) is 5.92 Å². The summed E-state index contributed by atoms with van der Waals surface area (Å²) in [6.07, 6.45) is -0.400. The summed E-state index contributed by atoms with van der Waals surface area (Å²) < 4.78 is 37.8. The van der Waals surface area contributed by atoms with Crippen LogP contribution in [0.2, 0.25) is 0 Å². The summed E-state index contributed by atoms with van der Waals surface area (Å²) in [5.41, 5.74) is 0. The highest BCUT2D eigenvalue weighted by Crippen LogP contribution is 2.27. The average molecular weight is 381 g/mol. The average Bonchev–Trinajstić information content (AvgIpc) is 2.58. The zero-order valence-corrected chi connectivity index (χ0v) is 15.8. The van der Waals surface area contributed by atoms with Crippen molar-refractivity contribution in [1.82, 2.24) is 4.31 Å². The van der Waals surface area contributed by atoms with Gasteiger partial charge in [0.25, 0.3) is 0 Å². The third-order valence-electron chi connectivity index (χ3n) is 3.94. The van der Waals surface area contributed by atoms with Gasteiger partial charge in [-0.25, -0.2) is 8.42 Å². The smallest absolute Gasteiger partial charge is 0.324 e. The van der Waals surface area contributed by atoms with Crippen LogP contribution < -0.4 is 4.74 Å². The number of hydrogen-bond donors (Lipinski definition) is 1. The van der Waals surface area contributed by atoms with Crippen LogP contribution in [-0.2, 0) is 19.6 Å². The number of carboxylic acid groups (broad SMARTS) is 1. The summed E-state index contributed by atoms with van der Waals surface area (Å²) in [5, 5.41) is 9.44. The van der Waals surface area contributed by atoms with E-state index in [4.69, 9.17) is 9.47 Å². The number of rotatable bonds is 5. The van der Waals surface area contributed by atoms with E-state index in [2.05, 4.69) is 11.8 Å². The van der Waals surface area contributed by atoms with Crippen molar-refractivity contribution in [2.75, 3.05) is 13.2 Å². The van der Waals surface area contributed by atoms with E-state index in [9.17, 15) is 18.3 Å². The number of benzene rings is 1. The first-order valence-corrected chi connectivity index (χ1v) is 9.80. The quantitative estimate of drug-likeness (QED) is 0.781. The summed E-state index contributed by atoms with van der Waals surface area (Å²) >= 11 is 0. The molecular weight excluding hydrogens is 358 g/mol. The van der Waals surface area contributed by atoms with Crippen molar-refractivity contribution >= 4 is 16.0 Å². The van der Waals surface area contributed by atoms with Crippen molar-refractivity contribution in [2.45, 2.75) is 50.3 Å². The molecule has 0 unspecified atom stereocenters. The Bertz CT molecular complexity index is 793. The van der Waals surface area contributed by atoms with Gasteiger partial charge >= 0.3 is 5.97 Å². The second-order valence-electron chi connectivity index (χ2n) is 5.98. The van der Waals surface area contributed by atoms with Crippen molar-refractivity contribution in [3.63, 3.8) is 0 Å². The standard InChI is InChI=1S/C18H23NO6S/c1-4-5-6-11-24-15-7-9-16(10-8-15)26(22,23)19-12-13(2)25-14(3)17(19)18(20)21/h7-10,13-14,17H,4,11-12H2,1-3H3,(H,20,21)/t13-,14-,17+/m0/s1. The Hall–Kier alpha value is -2.08. The largest absolute Gasteiger partial charge is 0.481 e. The molecule has 0 aliphatic carbocycles. The number of aliphatic carboxylic acids is 1. The van der Waals surface area contributed by atoms with Gasteiger partial charge in [-0.05, 0) is 38.1 Å². The molecule has 3 atom stereocenters. The third-order valence-corrected chi connectivity index (χ3v) is 5.80. The highest BCUT2D eigenvalue weighted by molar-refractivity contribution is 7.89. The highest BCUT2D eigenvalue weighted by Gasteiger charge is 2.44. The van der Waals surface area contributed by atoms with Crippen LogP contribution in [0, 0.1) is 11.8 Å². The molecule has 0 spiro atoms. The van der Waals surface area contributed by atoms with Gasteiger partial charge in [0.1, 0.15) is 18.4 Å². The van der Waals surface area contributed by atoms with Crippen LogP contribution >= 0.6 is 0 Å². The lowest BCUT2D eigenvalue weighted by Gasteiger charge is -2.39. The van der Waals surface area contributed by atoms with E-state index in [-0.39, 0.29) is 18.0 Å². The Labute approximate surface area is 154 Å². The molecule has 2 rings (SSSR count). The number of carbonyl (C=O) groups is 1. The van der Waals surface area contributed by atoms with Crippen molar-refractivity contribution in [3.8, 4) is 17.6 Å². The lowest BCUT2D eigenvalue weighted by atomic mass is 10.1. The SMILES string of the molecule is CCC#CCOc1ccc(S(=O)(=O)N2C[C@H](C)O[C@@H](C)[C@@H]2C(=O)O)cc1. The van der Waals surface area contributed by atoms with E-state index >= 15 is 0 Å². The Morgan fingerprint density at radius 1 is 1.31 bits per heavy atom. The summed E-state index contributed by atoms with van der Waals surface area (Å²) in [7, 11) is -3.98. The number of carboxylic acids is 1. The first-order chi connectivity index (χ1) is 12.3. The molecule has 0 radical (unpaired) electrons. The maximum absolute atomic E-state index is 12.9. The molecule has 0 amide bonds. The fraction of sp³-hybridized carbons (Fsp3) is 0.500. The molecule has 1 aliphatic rings. The monoisotopic (exact) mass is 381 g/mol. The predicted octanol–water partition coefficient (Wildman–Crippen LogP) is 1.73. The molecule has 8 heteroatoms. The lowest BCUT2D eigenvalue weighted by Crippen LogP contribution is -2.58.